The Morgan fingerprint density at radius 3 is 3.00 bits per heavy atom. The molecular formula is C14H21N3O3. The molecule has 6 nitrogen and oxygen atoms in total. The van der Waals surface area contributed by atoms with Crippen molar-refractivity contribution in [3.63, 3.8) is 0 Å². The number of hydrogen-bond donors (Lipinski definition) is 1. The van der Waals surface area contributed by atoms with E-state index in [-0.39, 0.29) is 10.6 Å². The Bertz CT molecular complexity index is 479. The van der Waals surface area contributed by atoms with Gasteiger partial charge in [0.25, 0.3) is 5.69 Å². The van der Waals surface area contributed by atoms with E-state index >= 15 is 0 Å². The lowest BCUT2D eigenvalue weighted by Crippen LogP contribution is -2.36. The van der Waals surface area contributed by atoms with Crippen LogP contribution in [0, 0.1) is 10.1 Å². The zero-order valence-corrected chi connectivity index (χ0v) is 12.0. The molecule has 0 aromatic heterocycles. The summed E-state index contributed by atoms with van der Waals surface area (Å²) in [6.45, 7) is 2.66. The molecule has 1 N–H and O–H groups in total. The molecule has 1 aromatic rings. The van der Waals surface area contributed by atoms with Crippen LogP contribution in [0.25, 0.3) is 0 Å². The number of nitro benzene ring substituents is 1. The van der Waals surface area contributed by atoms with Gasteiger partial charge in [0.1, 0.15) is 5.75 Å². The molecule has 1 aromatic carbocycles. The van der Waals surface area contributed by atoms with Crippen LogP contribution >= 0.6 is 0 Å². The summed E-state index contributed by atoms with van der Waals surface area (Å²) < 4.78 is 5.32. The van der Waals surface area contributed by atoms with E-state index in [0.717, 1.165) is 25.1 Å². The van der Waals surface area contributed by atoms with E-state index in [1.54, 1.807) is 19.2 Å². The summed E-state index contributed by atoms with van der Waals surface area (Å²) in [7, 11) is 3.55. The summed E-state index contributed by atoms with van der Waals surface area (Å²) in [6, 6.07) is 5.27. The first-order chi connectivity index (χ1) is 9.65. The normalized spacial score (nSPS) is 19.2. The molecule has 1 saturated heterocycles. The molecule has 6 heteroatoms. The van der Waals surface area contributed by atoms with Crippen molar-refractivity contribution >= 4 is 5.69 Å². The van der Waals surface area contributed by atoms with E-state index in [1.165, 1.54) is 12.5 Å². The average Bonchev–Trinajstić information content (AvgIpc) is 2.86. The predicted molar refractivity (Wildman–Crippen MR) is 77.0 cm³/mol. The van der Waals surface area contributed by atoms with Crippen molar-refractivity contribution in [3.8, 4) is 5.75 Å². The molecule has 110 valence electrons. The molecule has 2 rings (SSSR count). The van der Waals surface area contributed by atoms with E-state index in [2.05, 4.69) is 10.2 Å². The second kappa shape index (κ2) is 6.67. The molecular weight excluding hydrogens is 258 g/mol. The summed E-state index contributed by atoms with van der Waals surface area (Å²) in [5, 5.41) is 14.1. The van der Waals surface area contributed by atoms with E-state index in [4.69, 9.17) is 4.74 Å². The highest BCUT2D eigenvalue weighted by Crippen LogP contribution is 2.28. The number of nitrogens with zero attached hydrogens (tertiary/aromatic N) is 2. The van der Waals surface area contributed by atoms with Gasteiger partial charge in [-0.2, -0.15) is 0 Å². The molecule has 1 aliphatic rings. The minimum absolute atomic E-state index is 0.116. The summed E-state index contributed by atoms with van der Waals surface area (Å²) in [6.07, 6.45) is 2.33. The molecule has 20 heavy (non-hydrogen) atoms. The van der Waals surface area contributed by atoms with Gasteiger partial charge >= 0.3 is 0 Å². The Kier molecular flexibility index (Phi) is 4.92. The van der Waals surface area contributed by atoms with Crippen LogP contribution in [0.3, 0.4) is 0 Å². The van der Waals surface area contributed by atoms with E-state index in [9.17, 15) is 10.1 Å². The van der Waals surface area contributed by atoms with Crippen molar-refractivity contribution in [2.75, 3.05) is 27.2 Å². The fraction of sp³-hybridized carbons (Fsp3) is 0.571. The Morgan fingerprint density at radius 2 is 2.35 bits per heavy atom. The number of hydrogen-bond acceptors (Lipinski definition) is 5. The highest BCUT2D eigenvalue weighted by atomic mass is 16.6. The second-order valence-electron chi connectivity index (χ2n) is 5.08. The molecule has 0 amide bonds. The molecule has 0 spiro atoms. The van der Waals surface area contributed by atoms with Crippen LogP contribution in [-0.2, 0) is 6.54 Å². The zero-order valence-electron chi connectivity index (χ0n) is 12.0. The Hall–Kier alpha value is -1.66. The minimum Gasteiger partial charge on any atom is -0.496 e. The van der Waals surface area contributed by atoms with Gasteiger partial charge < -0.3 is 10.1 Å². The fourth-order valence-electron chi connectivity index (χ4n) is 2.79. The Morgan fingerprint density at radius 1 is 1.55 bits per heavy atom. The topological polar surface area (TPSA) is 67.6 Å². The van der Waals surface area contributed by atoms with E-state index in [0.29, 0.717) is 18.3 Å². The highest BCUT2D eigenvalue weighted by Gasteiger charge is 2.25. The summed E-state index contributed by atoms with van der Waals surface area (Å²) in [5.74, 6) is 0.714. The van der Waals surface area contributed by atoms with Crippen LogP contribution in [-0.4, -0.2) is 43.1 Å². The first-order valence-corrected chi connectivity index (χ1v) is 6.85. The van der Waals surface area contributed by atoms with E-state index < -0.39 is 0 Å². The molecule has 0 aliphatic carbocycles. The van der Waals surface area contributed by atoms with Gasteiger partial charge in [-0.3, -0.25) is 15.0 Å². The Labute approximate surface area is 118 Å². The summed E-state index contributed by atoms with van der Waals surface area (Å²) in [4.78, 5) is 12.9. The lowest BCUT2D eigenvalue weighted by atomic mass is 10.1. The van der Waals surface area contributed by atoms with Crippen LogP contribution in [0.15, 0.2) is 18.2 Å². The third-order valence-corrected chi connectivity index (χ3v) is 3.79. The molecule has 1 heterocycles. The molecule has 1 fully saturated rings. The summed E-state index contributed by atoms with van der Waals surface area (Å²) in [5.41, 5.74) is 0.995. The molecule has 1 aliphatic heterocycles. The number of rotatable bonds is 6. The van der Waals surface area contributed by atoms with E-state index in [1.807, 2.05) is 7.05 Å². The molecule has 1 unspecified atom stereocenters. The number of likely N-dealkylation sites (N-methyl/N-ethyl adjacent to an activating group) is 1. The van der Waals surface area contributed by atoms with Gasteiger partial charge in [0.05, 0.1) is 12.0 Å². The van der Waals surface area contributed by atoms with Gasteiger partial charge in [0.2, 0.25) is 0 Å². The highest BCUT2D eigenvalue weighted by molar-refractivity contribution is 5.43. The lowest BCUT2D eigenvalue weighted by molar-refractivity contribution is -0.385. The number of non-ortho nitro benzene ring substituents is 1. The third-order valence-electron chi connectivity index (χ3n) is 3.79. The van der Waals surface area contributed by atoms with Crippen molar-refractivity contribution in [2.45, 2.75) is 25.4 Å². The molecule has 0 radical (unpaired) electrons. The maximum atomic E-state index is 10.9. The summed E-state index contributed by atoms with van der Waals surface area (Å²) >= 11 is 0. The van der Waals surface area contributed by atoms with Crippen LogP contribution in [0.1, 0.15) is 18.4 Å². The smallest absolute Gasteiger partial charge is 0.270 e. The SMILES string of the molecule is CNCC1CCCN1Cc1cc([N+](=O)[O-])ccc1OC. The van der Waals surface area contributed by atoms with Crippen molar-refractivity contribution in [1.82, 2.24) is 10.2 Å². The quantitative estimate of drug-likeness (QED) is 0.635. The van der Waals surface area contributed by atoms with Crippen LogP contribution in [0.4, 0.5) is 5.69 Å². The third kappa shape index (κ3) is 3.26. The fourth-order valence-corrected chi connectivity index (χ4v) is 2.79. The van der Waals surface area contributed by atoms with Gasteiger partial charge in [-0.25, -0.2) is 0 Å². The predicted octanol–water partition coefficient (Wildman–Crippen LogP) is 1.79. The van der Waals surface area contributed by atoms with Crippen molar-refractivity contribution in [1.29, 1.82) is 0 Å². The largest absolute Gasteiger partial charge is 0.496 e. The molecule has 0 bridgehead atoms. The number of nitrogens with one attached hydrogen (secondary N) is 1. The monoisotopic (exact) mass is 279 g/mol. The standard InChI is InChI=1S/C14H21N3O3/c1-15-9-13-4-3-7-16(13)10-11-8-12(17(18)19)5-6-14(11)20-2/h5-6,8,13,15H,3-4,7,9-10H2,1-2H3. The number of likely N-dealkylation sites (tertiary alicyclic amines) is 1. The first-order valence-electron chi connectivity index (χ1n) is 6.85. The van der Waals surface area contributed by atoms with Crippen LogP contribution in [0.5, 0.6) is 5.75 Å². The maximum Gasteiger partial charge on any atom is 0.270 e. The van der Waals surface area contributed by atoms with Crippen LogP contribution < -0.4 is 10.1 Å². The first kappa shape index (κ1) is 14.7. The van der Waals surface area contributed by atoms with Gasteiger partial charge in [-0.05, 0) is 32.5 Å². The van der Waals surface area contributed by atoms with Crippen molar-refractivity contribution in [3.05, 3.63) is 33.9 Å². The molecule has 0 saturated carbocycles. The van der Waals surface area contributed by atoms with Gasteiger partial charge in [-0.1, -0.05) is 0 Å². The maximum absolute atomic E-state index is 10.9. The number of ether oxygens (including phenoxy) is 1. The molecule has 1 atom stereocenters. The average molecular weight is 279 g/mol. The number of benzene rings is 1. The van der Waals surface area contributed by atoms with Gasteiger partial charge in [0, 0.05) is 36.8 Å². The lowest BCUT2D eigenvalue weighted by Gasteiger charge is -2.24. The van der Waals surface area contributed by atoms with Crippen molar-refractivity contribution < 1.29 is 9.66 Å². The minimum atomic E-state index is -0.363. The zero-order chi connectivity index (χ0) is 14.5. The van der Waals surface area contributed by atoms with Gasteiger partial charge in [0.15, 0.2) is 0 Å². The van der Waals surface area contributed by atoms with Crippen molar-refractivity contribution in [2.24, 2.45) is 0 Å². The second-order valence-corrected chi connectivity index (χ2v) is 5.08. The Balaban J connectivity index is 2.18. The van der Waals surface area contributed by atoms with Crippen LogP contribution in [0.2, 0.25) is 0 Å². The number of methoxy groups -OCH3 is 1. The number of nitro groups is 1. The van der Waals surface area contributed by atoms with Gasteiger partial charge in [-0.15, -0.1) is 0 Å².